The van der Waals surface area contributed by atoms with Gasteiger partial charge in [0.2, 0.25) is 5.65 Å². The van der Waals surface area contributed by atoms with Crippen LogP contribution < -0.4 is 9.80 Å². The molecule has 4 aromatic rings. The molecule has 4 aromatic heterocycles. The van der Waals surface area contributed by atoms with E-state index in [2.05, 4.69) is 44.4 Å². The van der Waals surface area contributed by atoms with Gasteiger partial charge in [-0.2, -0.15) is 5.10 Å². The molecule has 0 unspecified atom stereocenters. The van der Waals surface area contributed by atoms with Gasteiger partial charge in [0.1, 0.15) is 18.0 Å². The number of anilines is 2. The summed E-state index contributed by atoms with van der Waals surface area (Å²) in [4.78, 5) is 18.1. The molecule has 142 valence electrons. The number of piperazine rings is 1. The molecule has 0 radical (unpaired) electrons. The topological polar surface area (TPSA) is 93.2 Å². The molecular weight excluding hydrogens is 356 g/mol. The van der Waals surface area contributed by atoms with E-state index in [0.29, 0.717) is 5.92 Å². The van der Waals surface area contributed by atoms with Gasteiger partial charge in [0.15, 0.2) is 11.5 Å². The molecule has 10 heteroatoms. The highest BCUT2D eigenvalue weighted by atomic mass is 15.4. The van der Waals surface area contributed by atoms with Crippen molar-refractivity contribution in [3.8, 4) is 0 Å². The van der Waals surface area contributed by atoms with Gasteiger partial charge in [0, 0.05) is 51.5 Å². The second-order valence-electron chi connectivity index (χ2n) is 7.45. The minimum absolute atomic E-state index is 0.557. The van der Waals surface area contributed by atoms with Crippen LogP contribution in [0.15, 0.2) is 24.9 Å². The van der Waals surface area contributed by atoms with E-state index in [-0.39, 0.29) is 0 Å². The minimum atomic E-state index is 0.557. The van der Waals surface area contributed by atoms with E-state index >= 15 is 0 Å². The van der Waals surface area contributed by atoms with Crippen molar-refractivity contribution in [2.24, 2.45) is 7.05 Å². The Kier molecular flexibility index (Phi) is 3.28. The molecule has 1 saturated heterocycles. The number of rotatable bonds is 3. The van der Waals surface area contributed by atoms with Crippen molar-refractivity contribution in [3.05, 3.63) is 30.7 Å². The molecule has 2 aliphatic rings. The third kappa shape index (κ3) is 2.33. The molecule has 1 aliphatic heterocycles. The number of aryl methyl sites for hydroxylation is 1. The van der Waals surface area contributed by atoms with E-state index in [9.17, 15) is 0 Å². The number of aromatic nitrogens is 8. The lowest BCUT2D eigenvalue weighted by atomic mass is 10.2. The molecule has 6 rings (SSSR count). The Morgan fingerprint density at radius 1 is 0.893 bits per heavy atom. The van der Waals surface area contributed by atoms with Crippen molar-refractivity contribution >= 4 is 28.3 Å². The number of hydrogen-bond donors (Lipinski definition) is 0. The van der Waals surface area contributed by atoms with Gasteiger partial charge in [0.05, 0.1) is 11.6 Å². The van der Waals surface area contributed by atoms with E-state index < -0.39 is 0 Å². The lowest BCUT2D eigenvalue weighted by Gasteiger charge is -2.36. The molecule has 0 aromatic carbocycles. The zero-order valence-corrected chi connectivity index (χ0v) is 15.6. The van der Waals surface area contributed by atoms with Crippen LogP contribution in [0.1, 0.15) is 24.6 Å². The van der Waals surface area contributed by atoms with Gasteiger partial charge in [-0.15, -0.1) is 10.2 Å². The Morgan fingerprint density at radius 3 is 2.46 bits per heavy atom. The maximum absolute atomic E-state index is 4.62. The second-order valence-corrected chi connectivity index (χ2v) is 7.45. The number of fused-ring (bicyclic) bond motifs is 2. The summed E-state index contributed by atoms with van der Waals surface area (Å²) in [5.74, 6) is 3.48. The fourth-order valence-corrected chi connectivity index (χ4v) is 4.01. The molecule has 0 N–H and O–H groups in total. The Hall–Kier alpha value is -3.30. The minimum Gasteiger partial charge on any atom is -0.352 e. The van der Waals surface area contributed by atoms with Crippen molar-refractivity contribution in [2.45, 2.75) is 18.8 Å². The first-order chi connectivity index (χ1) is 13.8. The van der Waals surface area contributed by atoms with E-state index in [1.807, 2.05) is 25.6 Å². The SMILES string of the molecule is Cn1ncc2c(N3CCN(c4nccn5c(C6CC6)nnc45)CC3)ncnc21. The largest absolute Gasteiger partial charge is 0.352 e. The summed E-state index contributed by atoms with van der Waals surface area (Å²) >= 11 is 0. The van der Waals surface area contributed by atoms with Crippen LogP contribution in [-0.2, 0) is 7.05 Å². The van der Waals surface area contributed by atoms with Gasteiger partial charge in [-0.1, -0.05) is 0 Å². The predicted octanol–water partition coefficient (Wildman–Crippen LogP) is 1.00. The third-order valence-electron chi connectivity index (χ3n) is 5.66. The normalized spacial score (nSPS) is 17.8. The maximum Gasteiger partial charge on any atom is 0.203 e. The van der Waals surface area contributed by atoms with Crippen molar-refractivity contribution in [1.82, 2.24) is 39.3 Å². The quantitative estimate of drug-likeness (QED) is 0.523. The molecule has 10 nitrogen and oxygen atoms in total. The number of hydrogen-bond acceptors (Lipinski definition) is 8. The first-order valence-electron chi connectivity index (χ1n) is 9.62. The Bertz CT molecular complexity index is 1170. The fourth-order valence-electron chi connectivity index (χ4n) is 4.01. The van der Waals surface area contributed by atoms with Crippen LogP contribution in [0.25, 0.3) is 16.7 Å². The molecule has 28 heavy (non-hydrogen) atoms. The average molecular weight is 376 g/mol. The molecule has 1 aliphatic carbocycles. The smallest absolute Gasteiger partial charge is 0.203 e. The summed E-state index contributed by atoms with van der Waals surface area (Å²) < 4.78 is 3.89. The van der Waals surface area contributed by atoms with Crippen LogP contribution in [-0.4, -0.2) is 65.5 Å². The van der Waals surface area contributed by atoms with Gasteiger partial charge in [-0.05, 0) is 12.8 Å². The van der Waals surface area contributed by atoms with Crippen molar-refractivity contribution < 1.29 is 0 Å². The fraction of sp³-hybridized carbons (Fsp3) is 0.444. The van der Waals surface area contributed by atoms with Gasteiger partial charge in [-0.25, -0.2) is 15.0 Å². The van der Waals surface area contributed by atoms with Crippen LogP contribution in [0.4, 0.5) is 11.6 Å². The van der Waals surface area contributed by atoms with Crippen LogP contribution in [0, 0.1) is 0 Å². The van der Waals surface area contributed by atoms with E-state index in [1.54, 1.807) is 11.0 Å². The molecular formula is C18H20N10. The Balaban J connectivity index is 1.27. The lowest BCUT2D eigenvalue weighted by Crippen LogP contribution is -2.47. The highest BCUT2D eigenvalue weighted by Crippen LogP contribution is 2.39. The summed E-state index contributed by atoms with van der Waals surface area (Å²) in [6.45, 7) is 3.41. The number of nitrogens with zero attached hydrogens (tertiary/aromatic N) is 10. The van der Waals surface area contributed by atoms with Gasteiger partial charge in [0.25, 0.3) is 0 Å². The monoisotopic (exact) mass is 376 g/mol. The molecule has 0 atom stereocenters. The summed E-state index contributed by atoms with van der Waals surface area (Å²) in [5.41, 5.74) is 1.71. The Morgan fingerprint density at radius 2 is 1.68 bits per heavy atom. The third-order valence-corrected chi connectivity index (χ3v) is 5.66. The summed E-state index contributed by atoms with van der Waals surface area (Å²) in [7, 11) is 1.90. The predicted molar refractivity (Wildman–Crippen MR) is 103 cm³/mol. The van der Waals surface area contributed by atoms with E-state index in [1.165, 1.54) is 12.8 Å². The van der Waals surface area contributed by atoms with Crippen molar-refractivity contribution in [1.29, 1.82) is 0 Å². The molecule has 0 spiro atoms. The standard InChI is InChI=1S/C18H20N10/c1-25-15-13(10-22-25)16(21-11-20-15)26-6-8-27(9-7-26)17-18-24-23-14(12-2-3-12)28(18)5-4-19-17/h4-5,10-12H,2-3,6-9H2,1H3. The first-order valence-corrected chi connectivity index (χ1v) is 9.62. The maximum atomic E-state index is 4.62. The van der Waals surface area contributed by atoms with E-state index in [0.717, 1.165) is 60.3 Å². The lowest BCUT2D eigenvalue weighted by molar-refractivity contribution is 0.643. The second kappa shape index (κ2) is 5.85. The van der Waals surface area contributed by atoms with E-state index in [4.69, 9.17) is 0 Å². The Labute approximate surface area is 160 Å². The molecule has 0 amide bonds. The van der Waals surface area contributed by atoms with Crippen LogP contribution in [0.5, 0.6) is 0 Å². The highest BCUT2D eigenvalue weighted by molar-refractivity contribution is 5.86. The molecule has 0 bridgehead atoms. The average Bonchev–Trinajstić information content (AvgIpc) is 3.38. The van der Waals surface area contributed by atoms with Crippen molar-refractivity contribution in [3.63, 3.8) is 0 Å². The zero-order valence-electron chi connectivity index (χ0n) is 15.6. The molecule has 2 fully saturated rings. The molecule has 1 saturated carbocycles. The van der Waals surface area contributed by atoms with Crippen LogP contribution in [0.2, 0.25) is 0 Å². The summed E-state index contributed by atoms with van der Waals surface area (Å²) in [6.07, 6.45) is 9.70. The van der Waals surface area contributed by atoms with Gasteiger partial charge >= 0.3 is 0 Å². The van der Waals surface area contributed by atoms with Crippen LogP contribution >= 0.6 is 0 Å². The summed E-state index contributed by atoms with van der Waals surface area (Å²) in [5, 5.41) is 14.2. The first kappa shape index (κ1) is 15.7. The van der Waals surface area contributed by atoms with Crippen LogP contribution in [0.3, 0.4) is 0 Å². The highest BCUT2D eigenvalue weighted by Gasteiger charge is 2.30. The van der Waals surface area contributed by atoms with Crippen molar-refractivity contribution in [2.75, 3.05) is 36.0 Å². The van der Waals surface area contributed by atoms with Gasteiger partial charge < -0.3 is 9.80 Å². The molecule has 5 heterocycles. The summed E-state index contributed by atoms with van der Waals surface area (Å²) in [6, 6.07) is 0. The zero-order chi connectivity index (χ0) is 18.7. The van der Waals surface area contributed by atoms with Gasteiger partial charge in [-0.3, -0.25) is 9.08 Å².